The summed E-state index contributed by atoms with van der Waals surface area (Å²) >= 11 is 0. The number of aryl methyl sites for hydroxylation is 12. The Bertz CT molecular complexity index is 3160. The van der Waals surface area contributed by atoms with Gasteiger partial charge in [-0.1, -0.05) is 140 Å². The molecular weight excluding hydrogens is 1180 g/mol. The molecule has 96 heavy (non-hydrogen) atoms. The van der Waals surface area contributed by atoms with Crippen molar-refractivity contribution in [1.29, 1.82) is 0 Å². The molecule has 8 aromatic carbocycles. The van der Waals surface area contributed by atoms with Crippen molar-refractivity contribution in [2.24, 2.45) is 59.9 Å². The highest BCUT2D eigenvalue weighted by Crippen LogP contribution is 2.14. The van der Waals surface area contributed by atoms with Crippen LogP contribution in [0.4, 0.5) is 0 Å². The lowest BCUT2D eigenvalue weighted by atomic mass is 10.1. The number of rotatable bonds is 0. The minimum atomic E-state index is 0.540. The quantitative estimate of drug-likeness (QED) is 0.142. The number of nitrogens with zero attached hydrogens (tertiary/aromatic N) is 12. The minimum Gasteiger partial charge on any atom is -0.291 e. The van der Waals surface area contributed by atoms with Crippen molar-refractivity contribution in [3.8, 4) is 0 Å². The van der Waals surface area contributed by atoms with Crippen LogP contribution in [-0.4, -0.2) is 153 Å². The Morgan fingerprint density at radius 2 is 0.198 bits per heavy atom. The van der Waals surface area contributed by atoms with Gasteiger partial charge in [0.05, 0.1) is 78.5 Å². The maximum atomic E-state index is 4.71. The van der Waals surface area contributed by atoms with Crippen molar-refractivity contribution in [3.63, 3.8) is 0 Å². The molecule has 0 fully saturated rings. The van der Waals surface area contributed by atoms with Crippen molar-refractivity contribution in [1.82, 2.24) is 0 Å². The number of benzene rings is 8. The van der Waals surface area contributed by atoms with Crippen molar-refractivity contribution >= 4 is 74.6 Å². The van der Waals surface area contributed by atoms with Gasteiger partial charge in [-0.15, -0.1) is 0 Å². The third-order valence-electron chi connectivity index (χ3n) is 14.5. The smallest absolute Gasteiger partial charge is 0.0585 e. The van der Waals surface area contributed by atoms with E-state index in [0.717, 1.165) is 66.8 Å². The zero-order valence-electron chi connectivity index (χ0n) is 58.6. The SMILES string of the molecule is C1=NCCN=Cc2cc3cc(c2)C=NCCN=Cc2cc4cc(c2)C=NCCN=Cc2cc(cc(c2)C=NCCN=C3)C=NCCN=Cc2cc1cc(c2)C=NCCN=C4.Cc1cc(C)cc(C)c1.Cc1cc(C)cc(C)c1.Cc1cc(C)cc(C)c1.Cc1cc(C)cc(C)c1. The Hall–Kier alpha value is -10.2. The molecule has 0 aliphatic carbocycles. The second kappa shape index (κ2) is 40.1. The van der Waals surface area contributed by atoms with Crippen LogP contribution in [0, 0.1) is 83.1 Å². The van der Waals surface area contributed by atoms with Crippen molar-refractivity contribution in [3.05, 3.63) is 279 Å². The molecule has 12 rings (SSSR count). The van der Waals surface area contributed by atoms with E-state index in [0.29, 0.717) is 78.5 Å². The summed E-state index contributed by atoms with van der Waals surface area (Å²) in [5.41, 5.74) is 27.8. The summed E-state index contributed by atoms with van der Waals surface area (Å²) in [6.45, 7) is 32.0. The number of fused-ring (bicyclic) bond motifs is 18. The lowest BCUT2D eigenvalue weighted by Gasteiger charge is -2.02. The first-order valence-electron chi connectivity index (χ1n) is 33.2. The van der Waals surface area contributed by atoms with Crippen LogP contribution in [0.5, 0.6) is 0 Å². The average Bonchev–Trinajstić information content (AvgIpc) is 1.22. The molecular formula is C84H96N12. The lowest BCUT2D eigenvalue weighted by Crippen LogP contribution is -1.97. The van der Waals surface area contributed by atoms with E-state index in [1.165, 1.54) is 66.8 Å². The molecule has 0 saturated carbocycles. The average molecular weight is 1270 g/mol. The highest BCUT2D eigenvalue weighted by atomic mass is 14.8. The molecule has 0 unspecified atom stereocenters. The molecule has 0 atom stereocenters. The normalized spacial score (nSPS) is 13.9. The topological polar surface area (TPSA) is 148 Å². The van der Waals surface area contributed by atoms with E-state index in [1.807, 2.05) is 74.6 Å². The van der Waals surface area contributed by atoms with E-state index >= 15 is 0 Å². The number of aliphatic imine (C=N–C) groups is 12. The summed E-state index contributed by atoms with van der Waals surface area (Å²) in [7, 11) is 0. The Kier molecular flexibility index (Phi) is 30.6. The number of hydrogen-bond donors (Lipinski definition) is 0. The molecule has 4 heterocycles. The first kappa shape index (κ1) is 73.2. The zero-order chi connectivity index (χ0) is 68.3. The fourth-order valence-corrected chi connectivity index (χ4v) is 11.2. The Labute approximate surface area is 572 Å². The molecule has 0 radical (unpaired) electrons. The fraction of sp³-hybridized carbons (Fsp3) is 0.286. The third-order valence-corrected chi connectivity index (χ3v) is 14.5. The van der Waals surface area contributed by atoms with Gasteiger partial charge in [-0.3, -0.25) is 59.9 Å². The predicted molar refractivity (Wildman–Crippen MR) is 418 cm³/mol. The molecule has 12 heteroatoms. The molecule has 12 nitrogen and oxygen atoms in total. The largest absolute Gasteiger partial charge is 0.291 e. The van der Waals surface area contributed by atoms with Crippen LogP contribution < -0.4 is 0 Å². The van der Waals surface area contributed by atoms with Crippen LogP contribution in [0.25, 0.3) is 0 Å². The van der Waals surface area contributed by atoms with Crippen molar-refractivity contribution in [2.45, 2.75) is 83.1 Å². The molecule has 8 aromatic rings. The van der Waals surface area contributed by atoms with Gasteiger partial charge in [-0.25, -0.2) is 0 Å². The molecule has 0 saturated heterocycles. The van der Waals surface area contributed by atoms with E-state index < -0.39 is 0 Å². The highest BCUT2D eigenvalue weighted by Gasteiger charge is 2.04. The first-order valence-corrected chi connectivity index (χ1v) is 33.2. The van der Waals surface area contributed by atoms with Gasteiger partial charge in [0.2, 0.25) is 0 Å². The summed E-state index contributed by atoms with van der Waals surface area (Å²) in [6.07, 6.45) is 22.6. The summed E-state index contributed by atoms with van der Waals surface area (Å²) in [6, 6.07) is 51.2. The van der Waals surface area contributed by atoms with E-state index in [2.05, 4.69) is 229 Å². The van der Waals surface area contributed by atoms with Gasteiger partial charge in [-0.2, -0.15) is 0 Å². The Morgan fingerprint density at radius 3 is 0.271 bits per heavy atom. The molecule has 12 bridgehead atoms. The van der Waals surface area contributed by atoms with Crippen molar-refractivity contribution in [2.75, 3.05) is 78.5 Å². The Morgan fingerprint density at radius 1 is 0.125 bits per heavy atom. The molecule has 0 amide bonds. The highest BCUT2D eigenvalue weighted by molar-refractivity contribution is 5.95. The molecule has 492 valence electrons. The second-order valence-corrected chi connectivity index (χ2v) is 24.8. The van der Waals surface area contributed by atoms with Gasteiger partial charge in [-0.05, 0) is 223 Å². The number of hydrogen-bond acceptors (Lipinski definition) is 12. The van der Waals surface area contributed by atoms with E-state index in [-0.39, 0.29) is 0 Å². The van der Waals surface area contributed by atoms with Gasteiger partial charge < -0.3 is 0 Å². The maximum absolute atomic E-state index is 4.71. The molecule has 4 aliphatic rings. The first-order chi connectivity index (χ1) is 46.4. The molecule has 0 spiro atoms. The monoisotopic (exact) mass is 1270 g/mol. The standard InChI is InChI=1S/C48H48N12.4C9H12/c1-2-50-26-38-15-41-18-42(16-38)30-54-8-10-58-34-46-20-44-22-48(24-46)36-60-12-11-59-35-47-21-43(19-45(23-47)33-57-9-7-53-29-41)31-55-5-3-51-27-39-13-37(25-49-1)14-40(17-39)28-52-4-6-56-32-44;4*1-7-4-8(2)6-9(3)5-7/h13-36H,1-12H2;4*4-6H,1-3H3. The second-order valence-electron chi connectivity index (χ2n) is 24.8. The van der Waals surface area contributed by atoms with Gasteiger partial charge in [0.25, 0.3) is 0 Å². The van der Waals surface area contributed by atoms with Gasteiger partial charge in [0.1, 0.15) is 0 Å². The van der Waals surface area contributed by atoms with Crippen LogP contribution in [0.1, 0.15) is 134 Å². The third kappa shape index (κ3) is 29.4. The fourth-order valence-electron chi connectivity index (χ4n) is 11.2. The maximum Gasteiger partial charge on any atom is 0.0585 e. The summed E-state index contributed by atoms with van der Waals surface area (Å²) < 4.78 is 0. The zero-order valence-corrected chi connectivity index (χ0v) is 58.6. The Balaban J connectivity index is 0.000000287. The lowest BCUT2D eigenvalue weighted by molar-refractivity contribution is 0.983. The van der Waals surface area contributed by atoms with Gasteiger partial charge in [0, 0.05) is 74.6 Å². The predicted octanol–water partition coefficient (Wildman–Crippen LogP) is 16.3. The minimum absolute atomic E-state index is 0.540. The molecule has 4 aliphatic heterocycles. The van der Waals surface area contributed by atoms with Gasteiger partial charge in [0.15, 0.2) is 0 Å². The molecule has 0 aromatic heterocycles. The summed E-state index contributed by atoms with van der Waals surface area (Å²) in [5.74, 6) is 0. The van der Waals surface area contributed by atoms with Crippen LogP contribution >= 0.6 is 0 Å². The molecule has 0 N–H and O–H groups in total. The summed E-state index contributed by atoms with van der Waals surface area (Å²) in [4.78, 5) is 56.5. The van der Waals surface area contributed by atoms with E-state index in [9.17, 15) is 0 Å². The van der Waals surface area contributed by atoms with E-state index in [1.54, 1.807) is 0 Å². The summed E-state index contributed by atoms with van der Waals surface area (Å²) in [5, 5.41) is 0. The van der Waals surface area contributed by atoms with E-state index in [4.69, 9.17) is 59.9 Å². The van der Waals surface area contributed by atoms with Crippen LogP contribution in [0.15, 0.2) is 206 Å². The van der Waals surface area contributed by atoms with Gasteiger partial charge >= 0.3 is 0 Å². The van der Waals surface area contributed by atoms with Crippen molar-refractivity contribution < 1.29 is 0 Å². The van der Waals surface area contributed by atoms with Crippen LogP contribution in [0.2, 0.25) is 0 Å². The van der Waals surface area contributed by atoms with Crippen LogP contribution in [0.3, 0.4) is 0 Å². The van der Waals surface area contributed by atoms with Crippen LogP contribution in [-0.2, 0) is 0 Å².